The Kier molecular flexibility index (Phi) is 8.14. The molecular formula is C25H30N2O5. The molecule has 170 valence electrons. The van der Waals surface area contributed by atoms with Crippen molar-refractivity contribution in [2.75, 3.05) is 35.5 Å². The van der Waals surface area contributed by atoms with Crippen LogP contribution in [0, 0.1) is 0 Å². The number of benzene rings is 2. The van der Waals surface area contributed by atoms with Crippen LogP contribution in [0.5, 0.6) is 28.7 Å². The van der Waals surface area contributed by atoms with Gasteiger partial charge in [0.15, 0.2) is 11.5 Å². The maximum Gasteiger partial charge on any atom is 0.203 e. The van der Waals surface area contributed by atoms with Crippen LogP contribution >= 0.6 is 0 Å². The van der Waals surface area contributed by atoms with E-state index in [9.17, 15) is 0 Å². The Morgan fingerprint density at radius 3 is 1.50 bits per heavy atom. The topological polar surface area (TPSA) is 71.9 Å². The lowest BCUT2D eigenvalue weighted by Gasteiger charge is -2.14. The zero-order valence-corrected chi connectivity index (χ0v) is 19.3. The second-order valence-corrected chi connectivity index (χ2v) is 7.26. The van der Waals surface area contributed by atoms with Crippen LogP contribution in [0.25, 0.3) is 0 Å². The van der Waals surface area contributed by atoms with Crippen LogP contribution in [0.2, 0.25) is 0 Å². The number of aromatic nitrogens is 2. The quantitative estimate of drug-likeness (QED) is 0.446. The first kappa shape index (κ1) is 23.2. The molecule has 0 radical (unpaired) electrons. The normalized spacial score (nSPS) is 10.5. The van der Waals surface area contributed by atoms with E-state index < -0.39 is 0 Å². The van der Waals surface area contributed by atoms with Crippen LogP contribution < -0.4 is 23.7 Å². The SMILES string of the molecule is COc1cc(CCc2cncc(CCc3cc(OC)c(OC)c(OC)c3)n2)cc(OC)c1. The first-order valence-electron chi connectivity index (χ1n) is 10.4. The van der Waals surface area contributed by atoms with Gasteiger partial charge in [0, 0.05) is 18.5 Å². The molecule has 7 heteroatoms. The van der Waals surface area contributed by atoms with Crippen LogP contribution in [-0.4, -0.2) is 45.5 Å². The molecule has 32 heavy (non-hydrogen) atoms. The minimum absolute atomic E-state index is 0.592. The lowest BCUT2D eigenvalue weighted by Crippen LogP contribution is -2.02. The maximum absolute atomic E-state index is 5.45. The standard InChI is InChI=1S/C25H30N2O5/c1-28-21-10-17(11-22(14-21)29-2)6-8-19-15-26-16-20(27-19)9-7-18-12-23(30-3)25(32-5)24(13-18)31-4/h10-16H,6-9H2,1-5H3. The molecule has 0 saturated carbocycles. The van der Waals surface area contributed by atoms with Crippen LogP contribution in [0.15, 0.2) is 42.7 Å². The lowest BCUT2D eigenvalue weighted by molar-refractivity contribution is 0.324. The Morgan fingerprint density at radius 2 is 1.06 bits per heavy atom. The summed E-state index contributed by atoms with van der Waals surface area (Å²) < 4.78 is 27.0. The van der Waals surface area contributed by atoms with Gasteiger partial charge in [-0.05, 0) is 61.1 Å². The summed E-state index contributed by atoms with van der Waals surface area (Å²) in [5.74, 6) is 3.45. The summed E-state index contributed by atoms with van der Waals surface area (Å²) in [6, 6.07) is 9.84. The third-order valence-electron chi connectivity index (χ3n) is 5.21. The van der Waals surface area contributed by atoms with E-state index in [1.807, 2.05) is 42.7 Å². The van der Waals surface area contributed by atoms with Gasteiger partial charge in [0.2, 0.25) is 5.75 Å². The number of aryl methyl sites for hydroxylation is 4. The summed E-state index contributed by atoms with van der Waals surface area (Å²) in [6.45, 7) is 0. The van der Waals surface area contributed by atoms with E-state index in [2.05, 4.69) is 4.98 Å². The van der Waals surface area contributed by atoms with Crippen molar-refractivity contribution in [1.82, 2.24) is 9.97 Å². The molecule has 2 aromatic carbocycles. The highest BCUT2D eigenvalue weighted by Crippen LogP contribution is 2.38. The van der Waals surface area contributed by atoms with E-state index >= 15 is 0 Å². The van der Waals surface area contributed by atoms with E-state index in [4.69, 9.17) is 28.7 Å². The Hall–Kier alpha value is -3.48. The smallest absolute Gasteiger partial charge is 0.203 e. The highest BCUT2D eigenvalue weighted by Gasteiger charge is 2.13. The number of ether oxygens (including phenoxy) is 5. The van der Waals surface area contributed by atoms with Crippen molar-refractivity contribution in [2.45, 2.75) is 25.7 Å². The molecule has 0 unspecified atom stereocenters. The molecule has 0 fully saturated rings. The molecule has 0 N–H and O–H groups in total. The molecule has 0 spiro atoms. The van der Waals surface area contributed by atoms with Crippen molar-refractivity contribution in [1.29, 1.82) is 0 Å². The van der Waals surface area contributed by atoms with Crippen LogP contribution in [0.3, 0.4) is 0 Å². The third-order valence-corrected chi connectivity index (χ3v) is 5.21. The summed E-state index contributed by atoms with van der Waals surface area (Å²) >= 11 is 0. The molecule has 0 aliphatic carbocycles. The number of rotatable bonds is 11. The van der Waals surface area contributed by atoms with Gasteiger partial charge in [0.1, 0.15) is 11.5 Å². The number of methoxy groups -OCH3 is 5. The number of nitrogens with zero attached hydrogens (tertiary/aromatic N) is 2. The second-order valence-electron chi connectivity index (χ2n) is 7.26. The minimum atomic E-state index is 0.592. The second kappa shape index (κ2) is 11.2. The van der Waals surface area contributed by atoms with Crippen molar-refractivity contribution in [3.8, 4) is 28.7 Å². The first-order chi connectivity index (χ1) is 15.6. The summed E-state index contributed by atoms with van der Waals surface area (Å²) in [4.78, 5) is 9.18. The monoisotopic (exact) mass is 438 g/mol. The summed E-state index contributed by atoms with van der Waals surface area (Å²) in [6.07, 6.45) is 6.77. The van der Waals surface area contributed by atoms with Crippen LogP contribution in [0.4, 0.5) is 0 Å². The van der Waals surface area contributed by atoms with Crippen LogP contribution in [-0.2, 0) is 25.7 Å². The van der Waals surface area contributed by atoms with Crippen molar-refractivity contribution in [3.63, 3.8) is 0 Å². The predicted molar refractivity (Wildman–Crippen MR) is 122 cm³/mol. The van der Waals surface area contributed by atoms with E-state index in [1.54, 1.807) is 35.5 Å². The van der Waals surface area contributed by atoms with E-state index in [1.165, 1.54) is 0 Å². The molecule has 0 aliphatic rings. The molecule has 0 saturated heterocycles. The van der Waals surface area contributed by atoms with Crippen molar-refractivity contribution in [2.24, 2.45) is 0 Å². The van der Waals surface area contributed by atoms with E-state index in [0.29, 0.717) is 17.2 Å². The average Bonchev–Trinajstić information content (AvgIpc) is 2.85. The van der Waals surface area contributed by atoms with E-state index in [-0.39, 0.29) is 0 Å². The van der Waals surface area contributed by atoms with Crippen molar-refractivity contribution in [3.05, 3.63) is 65.2 Å². The van der Waals surface area contributed by atoms with E-state index in [0.717, 1.165) is 59.7 Å². The predicted octanol–water partition coefficient (Wildman–Crippen LogP) is 4.09. The van der Waals surface area contributed by atoms with Gasteiger partial charge in [0.25, 0.3) is 0 Å². The molecule has 3 rings (SSSR count). The average molecular weight is 439 g/mol. The van der Waals surface area contributed by atoms with Gasteiger partial charge in [-0.3, -0.25) is 9.97 Å². The Labute approximate surface area is 189 Å². The van der Waals surface area contributed by atoms with Gasteiger partial charge < -0.3 is 23.7 Å². The Bertz CT molecular complexity index is 991. The molecule has 0 atom stereocenters. The van der Waals surface area contributed by atoms with Gasteiger partial charge >= 0.3 is 0 Å². The Morgan fingerprint density at radius 1 is 0.562 bits per heavy atom. The van der Waals surface area contributed by atoms with Crippen molar-refractivity contribution < 1.29 is 23.7 Å². The maximum atomic E-state index is 5.45. The summed E-state index contributed by atoms with van der Waals surface area (Å²) in [7, 11) is 8.15. The molecule has 1 heterocycles. The number of hydrogen-bond donors (Lipinski definition) is 0. The minimum Gasteiger partial charge on any atom is -0.497 e. The Balaban J connectivity index is 1.67. The van der Waals surface area contributed by atoms with Gasteiger partial charge in [0.05, 0.1) is 46.9 Å². The zero-order chi connectivity index (χ0) is 22.9. The fourth-order valence-electron chi connectivity index (χ4n) is 3.53. The third kappa shape index (κ3) is 5.81. The highest BCUT2D eigenvalue weighted by atomic mass is 16.5. The molecule has 3 aromatic rings. The molecule has 0 bridgehead atoms. The van der Waals surface area contributed by atoms with Gasteiger partial charge in [-0.1, -0.05) is 0 Å². The number of hydrogen-bond acceptors (Lipinski definition) is 7. The molecule has 1 aromatic heterocycles. The lowest BCUT2D eigenvalue weighted by atomic mass is 10.1. The van der Waals surface area contributed by atoms with Gasteiger partial charge in [-0.15, -0.1) is 0 Å². The first-order valence-corrected chi connectivity index (χ1v) is 10.4. The highest BCUT2D eigenvalue weighted by molar-refractivity contribution is 5.54. The molecule has 0 amide bonds. The largest absolute Gasteiger partial charge is 0.497 e. The fraction of sp³-hybridized carbons (Fsp3) is 0.360. The van der Waals surface area contributed by atoms with Crippen LogP contribution in [0.1, 0.15) is 22.5 Å². The summed E-state index contributed by atoms with van der Waals surface area (Å²) in [5.41, 5.74) is 4.11. The molecule has 0 aliphatic heterocycles. The fourth-order valence-corrected chi connectivity index (χ4v) is 3.53. The van der Waals surface area contributed by atoms with Crippen molar-refractivity contribution >= 4 is 0 Å². The molecular weight excluding hydrogens is 408 g/mol. The van der Waals surface area contributed by atoms with Gasteiger partial charge in [-0.2, -0.15) is 0 Å². The zero-order valence-electron chi connectivity index (χ0n) is 19.3. The van der Waals surface area contributed by atoms with Gasteiger partial charge in [-0.25, -0.2) is 0 Å². The molecule has 7 nitrogen and oxygen atoms in total. The summed E-state index contributed by atoms with van der Waals surface area (Å²) in [5, 5.41) is 0.